The van der Waals surface area contributed by atoms with Gasteiger partial charge in [0.05, 0.1) is 12.2 Å². The lowest BCUT2D eigenvalue weighted by atomic mass is 9.99. The molecular weight excluding hydrogens is 348 g/mol. The highest BCUT2D eigenvalue weighted by Gasteiger charge is 2.17. The van der Waals surface area contributed by atoms with Crippen molar-refractivity contribution in [1.82, 2.24) is 0 Å². The summed E-state index contributed by atoms with van der Waals surface area (Å²) in [7, 11) is 0. The van der Waals surface area contributed by atoms with Crippen LogP contribution in [0.15, 0.2) is 12.2 Å². The highest BCUT2D eigenvalue weighted by Crippen LogP contribution is 2.20. The fraction of sp³-hybridized carbons (Fsp3) is 0.880. The van der Waals surface area contributed by atoms with Gasteiger partial charge in [-0.15, -0.1) is 0 Å². The quantitative estimate of drug-likeness (QED) is 0.128. The van der Waals surface area contributed by atoms with Gasteiger partial charge in [-0.25, -0.2) is 4.79 Å². The molecule has 0 bridgehead atoms. The van der Waals surface area contributed by atoms with E-state index in [1.54, 1.807) is 6.92 Å². The third kappa shape index (κ3) is 18.5. The molecule has 0 rings (SSSR count). The van der Waals surface area contributed by atoms with Crippen molar-refractivity contribution in [3.8, 4) is 0 Å². The van der Waals surface area contributed by atoms with Gasteiger partial charge >= 0.3 is 5.97 Å². The first-order valence-corrected chi connectivity index (χ1v) is 11.7. The number of esters is 1. The number of hydrogen-bond donors (Lipinski definition) is 0. The van der Waals surface area contributed by atoms with Crippen LogP contribution < -0.4 is 0 Å². The molecule has 0 heterocycles. The van der Waals surface area contributed by atoms with Crippen LogP contribution in [0.3, 0.4) is 0 Å². The maximum Gasteiger partial charge on any atom is 0.333 e. The summed E-state index contributed by atoms with van der Waals surface area (Å²) in [6.45, 7) is 15.7. The van der Waals surface area contributed by atoms with Crippen molar-refractivity contribution in [2.45, 2.75) is 124 Å². The van der Waals surface area contributed by atoms with Crippen LogP contribution in [0, 0.1) is 5.92 Å². The summed E-state index contributed by atoms with van der Waals surface area (Å²) in [6, 6.07) is 0. The first kappa shape index (κ1) is 27.2. The molecular formula is C25H48O3. The van der Waals surface area contributed by atoms with Gasteiger partial charge < -0.3 is 9.47 Å². The third-order valence-electron chi connectivity index (χ3n) is 5.17. The molecule has 0 amide bonds. The third-order valence-corrected chi connectivity index (χ3v) is 5.17. The fourth-order valence-electron chi connectivity index (χ4n) is 3.25. The molecule has 0 aliphatic heterocycles. The minimum atomic E-state index is -0.273. The monoisotopic (exact) mass is 396 g/mol. The van der Waals surface area contributed by atoms with Crippen molar-refractivity contribution in [2.75, 3.05) is 13.2 Å². The first-order valence-electron chi connectivity index (χ1n) is 11.7. The van der Waals surface area contributed by atoms with E-state index in [0.29, 0.717) is 12.2 Å². The van der Waals surface area contributed by atoms with Gasteiger partial charge in [-0.3, -0.25) is 0 Å². The zero-order valence-corrected chi connectivity index (χ0v) is 19.6. The Morgan fingerprint density at radius 1 is 0.821 bits per heavy atom. The van der Waals surface area contributed by atoms with Crippen LogP contribution >= 0.6 is 0 Å². The smallest absolute Gasteiger partial charge is 0.333 e. The highest BCUT2D eigenvalue weighted by molar-refractivity contribution is 5.86. The zero-order chi connectivity index (χ0) is 21.3. The predicted molar refractivity (Wildman–Crippen MR) is 121 cm³/mol. The minimum Gasteiger partial charge on any atom is -0.462 e. The van der Waals surface area contributed by atoms with Crippen LogP contribution in [-0.2, 0) is 14.3 Å². The Morgan fingerprint density at radius 2 is 1.32 bits per heavy atom. The Kier molecular flexibility index (Phi) is 16.6. The van der Waals surface area contributed by atoms with E-state index in [0.717, 1.165) is 31.8 Å². The Balaban J connectivity index is 3.43. The summed E-state index contributed by atoms with van der Waals surface area (Å²) < 4.78 is 11.2. The van der Waals surface area contributed by atoms with Gasteiger partial charge in [0, 0.05) is 12.2 Å². The second-order valence-corrected chi connectivity index (χ2v) is 9.35. The van der Waals surface area contributed by atoms with E-state index < -0.39 is 0 Å². The molecule has 0 unspecified atom stereocenters. The van der Waals surface area contributed by atoms with E-state index >= 15 is 0 Å². The first-order chi connectivity index (χ1) is 13.2. The van der Waals surface area contributed by atoms with Crippen molar-refractivity contribution in [3.05, 3.63) is 12.2 Å². The molecule has 0 aromatic carbocycles. The summed E-state index contributed by atoms with van der Waals surface area (Å²) in [6.07, 6.45) is 16.2. The molecule has 0 N–H and O–H groups in total. The molecule has 0 aliphatic carbocycles. The molecule has 0 spiro atoms. The molecule has 0 aromatic rings. The van der Waals surface area contributed by atoms with Crippen LogP contribution in [0.5, 0.6) is 0 Å². The van der Waals surface area contributed by atoms with E-state index in [-0.39, 0.29) is 11.6 Å². The minimum absolute atomic E-state index is 0.00567. The van der Waals surface area contributed by atoms with E-state index in [1.165, 1.54) is 64.2 Å². The topological polar surface area (TPSA) is 35.5 Å². The lowest BCUT2D eigenvalue weighted by molar-refractivity contribution is -0.139. The molecule has 0 aliphatic rings. The van der Waals surface area contributed by atoms with E-state index in [2.05, 4.69) is 34.3 Å². The molecule has 0 atom stereocenters. The number of carbonyl (C=O) groups excluding carboxylic acids is 1. The van der Waals surface area contributed by atoms with Gasteiger partial charge in [-0.05, 0) is 46.0 Å². The van der Waals surface area contributed by atoms with Crippen LogP contribution in [0.25, 0.3) is 0 Å². The second kappa shape index (κ2) is 17.1. The average molecular weight is 397 g/mol. The van der Waals surface area contributed by atoms with Gasteiger partial charge in [-0.2, -0.15) is 0 Å². The van der Waals surface area contributed by atoms with Crippen molar-refractivity contribution in [3.63, 3.8) is 0 Å². The Morgan fingerprint density at radius 3 is 1.89 bits per heavy atom. The Hall–Kier alpha value is -0.830. The number of carbonyl (C=O) groups is 1. The number of hydrogen-bond acceptors (Lipinski definition) is 3. The molecule has 0 radical (unpaired) electrons. The summed E-state index contributed by atoms with van der Waals surface area (Å²) in [5, 5.41) is 0. The summed E-state index contributed by atoms with van der Waals surface area (Å²) >= 11 is 0. The van der Waals surface area contributed by atoms with Crippen LogP contribution in [-0.4, -0.2) is 24.8 Å². The van der Waals surface area contributed by atoms with Crippen LogP contribution in [0.1, 0.15) is 118 Å². The van der Waals surface area contributed by atoms with E-state index in [1.807, 2.05) is 0 Å². The molecule has 0 fully saturated rings. The lowest BCUT2D eigenvalue weighted by Crippen LogP contribution is -2.24. The normalized spacial score (nSPS) is 11.8. The Labute approximate surface area is 175 Å². The maximum absolute atomic E-state index is 11.3. The van der Waals surface area contributed by atoms with Gasteiger partial charge in [0.25, 0.3) is 0 Å². The molecule has 166 valence electrons. The zero-order valence-electron chi connectivity index (χ0n) is 19.6. The summed E-state index contributed by atoms with van der Waals surface area (Å²) in [5.74, 6) is 0.576. The molecule has 3 nitrogen and oxygen atoms in total. The maximum atomic E-state index is 11.3. The molecule has 28 heavy (non-hydrogen) atoms. The summed E-state index contributed by atoms with van der Waals surface area (Å²) in [4.78, 5) is 11.3. The summed E-state index contributed by atoms with van der Waals surface area (Å²) in [5.41, 5.74) is 0.470. The van der Waals surface area contributed by atoms with Gasteiger partial charge in [0.15, 0.2) is 0 Å². The van der Waals surface area contributed by atoms with Crippen LogP contribution in [0.2, 0.25) is 0 Å². The second-order valence-electron chi connectivity index (χ2n) is 9.35. The number of rotatable bonds is 19. The van der Waals surface area contributed by atoms with Gasteiger partial charge in [-0.1, -0.05) is 84.6 Å². The standard InChI is InChI=1S/C25H48O3/c1-22(2)18-14-10-7-8-13-17-21-28-25(5,6)19-15-11-9-12-16-20-27-24(26)23(3)4/h22H,3,7-21H2,1-2,4-6H3. The predicted octanol–water partition coefficient (Wildman–Crippen LogP) is 7.63. The number of unbranched alkanes of at least 4 members (excludes halogenated alkanes) is 9. The highest BCUT2D eigenvalue weighted by atomic mass is 16.5. The van der Waals surface area contributed by atoms with E-state index in [9.17, 15) is 4.79 Å². The number of ether oxygens (including phenoxy) is 2. The van der Waals surface area contributed by atoms with Crippen molar-refractivity contribution in [2.24, 2.45) is 5.92 Å². The van der Waals surface area contributed by atoms with Crippen molar-refractivity contribution in [1.29, 1.82) is 0 Å². The van der Waals surface area contributed by atoms with E-state index in [4.69, 9.17) is 9.47 Å². The van der Waals surface area contributed by atoms with Crippen LogP contribution in [0.4, 0.5) is 0 Å². The molecule has 0 saturated heterocycles. The molecule has 3 heteroatoms. The Bertz CT molecular complexity index is 399. The largest absolute Gasteiger partial charge is 0.462 e. The van der Waals surface area contributed by atoms with Crippen molar-refractivity contribution < 1.29 is 14.3 Å². The fourth-order valence-corrected chi connectivity index (χ4v) is 3.25. The van der Waals surface area contributed by atoms with Crippen molar-refractivity contribution >= 4 is 5.97 Å². The lowest BCUT2D eigenvalue weighted by Gasteiger charge is -2.25. The SMILES string of the molecule is C=C(C)C(=O)OCCCCCCCC(C)(C)OCCCCCCCCC(C)C. The average Bonchev–Trinajstić information content (AvgIpc) is 2.61. The van der Waals surface area contributed by atoms with Gasteiger partial charge in [0.1, 0.15) is 0 Å². The van der Waals surface area contributed by atoms with Gasteiger partial charge in [0.2, 0.25) is 0 Å². The molecule has 0 saturated carbocycles. The molecule has 0 aromatic heterocycles.